The van der Waals surface area contributed by atoms with Crippen LogP contribution in [0.25, 0.3) is 11.3 Å². The van der Waals surface area contributed by atoms with E-state index < -0.39 is 0 Å². The summed E-state index contributed by atoms with van der Waals surface area (Å²) in [5.74, 6) is -0.882. The lowest BCUT2D eigenvalue weighted by Crippen LogP contribution is -2.14. The third-order valence-electron chi connectivity index (χ3n) is 4.83. The molecule has 3 amide bonds. The lowest BCUT2D eigenvalue weighted by atomic mass is 10.1. The van der Waals surface area contributed by atoms with Crippen LogP contribution in [0.15, 0.2) is 79.1 Å². The molecule has 2 heterocycles. The van der Waals surface area contributed by atoms with E-state index in [2.05, 4.69) is 26.0 Å². The Morgan fingerprint density at radius 3 is 2.12 bits per heavy atom. The second-order valence-electron chi connectivity index (χ2n) is 7.56. The summed E-state index contributed by atoms with van der Waals surface area (Å²) in [5.41, 5.74) is 3.82. The Kier molecular flexibility index (Phi) is 6.45. The Balaban J connectivity index is 1.40. The molecule has 0 aliphatic heterocycles. The highest BCUT2D eigenvalue weighted by Gasteiger charge is 2.11. The fourth-order valence-electron chi connectivity index (χ4n) is 3.25. The lowest BCUT2D eigenvalue weighted by molar-refractivity contribution is -0.114. The van der Waals surface area contributed by atoms with Crippen LogP contribution in [-0.4, -0.2) is 32.5 Å². The van der Waals surface area contributed by atoms with E-state index in [4.69, 9.17) is 0 Å². The zero-order chi connectivity index (χ0) is 24.1. The summed E-state index contributed by atoms with van der Waals surface area (Å²) >= 11 is 0. The highest BCUT2D eigenvalue weighted by Crippen LogP contribution is 2.19. The van der Waals surface area contributed by atoms with Gasteiger partial charge in [-0.05, 0) is 54.6 Å². The van der Waals surface area contributed by atoms with Crippen LogP contribution in [0.5, 0.6) is 0 Å². The average molecular weight is 454 g/mol. The van der Waals surface area contributed by atoms with Crippen molar-refractivity contribution in [1.82, 2.24) is 14.8 Å². The topological polar surface area (TPSA) is 118 Å². The quantitative estimate of drug-likeness (QED) is 0.408. The maximum atomic E-state index is 12.7. The second-order valence-corrected chi connectivity index (χ2v) is 7.56. The lowest BCUT2D eigenvalue weighted by Gasteiger charge is -2.09. The number of hydrogen-bond acceptors (Lipinski definition) is 5. The highest BCUT2D eigenvalue weighted by atomic mass is 16.2. The molecule has 9 nitrogen and oxygen atoms in total. The van der Waals surface area contributed by atoms with Crippen LogP contribution in [0.3, 0.4) is 0 Å². The molecule has 0 fully saturated rings. The van der Waals surface area contributed by atoms with E-state index in [0.717, 1.165) is 5.56 Å². The van der Waals surface area contributed by atoms with Crippen molar-refractivity contribution in [2.75, 3.05) is 16.0 Å². The maximum Gasteiger partial charge on any atom is 0.274 e. The van der Waals surface area contributed by atoms with Gasteiger partial charge in [0.15, 0.2) is 0 Å². The van der Waals surface area contributed by atoms with Gasteiger partial charge < -0.3 is 16.0 Å². The van der Waals surface area contributed by atoms with Crippen LogP contribution in [-0.2, 0) is 11.8 Å². The summed E-state index contributed by atoms with van der Waals surface area (Å²) in [6.07, 6.45) is 3.51. The number of pyridine rings is 1. The van der Waals surface area contributed by atoms with Crippen molar-refractivity contribution in [1.29, 1.82) is 0 Å². The number of hydrogen-bond donors (Lipinski definition) is 3. The van der Waals surface area contributed by atoms with Gasteiger partial charge in [0.2, 0.25) is 5.91 Å². The molecule has 0 saturated carbocycles. The molecule has 0 spiro atoms. The van der Waals surface area contributed by atoms with E-state index in [0.29, 0.717) is 28.3 Å². The summed E-state index contributed by atoms with van der Waals surface area (Å²) in [4.78, 5) is 40.8. The molecule has 2 aromatic carbocycles. The molecule has 0 aliphatic carbocycles. The van der Waals surface area contributed by atoms with Crippen LogP contribution < -0.4 is 16.0 Å². The molecule has 4 rings (SSSR count). The summed E-state index contributed by atoms with van der Waals surface area (Å²) in [5, 5.41) is 12.4. The Labute approximate surface area is 195 Å². The van der Waals surface area contributed by atoms with Crippen LogP contribution >= 0.6 is 0 Å². The number of benzene rings is 2. The number of carbonyl (C=O) groups excluding carboxylic acids is 3. The van der Waals surface area contributed by atoms with Crippen molar-refractivity contribution in [3.8, 4) is 11.3 Å². The van der Waals surface area contributed by atoms with E-state index in [9.17, 15) is 14.4 Å². The van der Waals surface area contributed by atoms with Crippen molar-refractivity contribution in [2.24, 2.45) is 7.05 Å². The van der Waals surface area contributed by atoms with Gasteiger partial charge in [-0.15, -0.1) is 0 Å². The van der Waals surface area contributed by atoms with Crippen molar-refractivity contribution < 1.29 is 14.4 Å². The number of nitrogens with zero attached hydrogens (tertiary/aromatic N) is 3. The van der Waals surface area contributed by atoms with Gasteiger partial charge in [-0.25, -0.2) is 4.98 Å². The molecule has 0 bridgehead atoms. The van der Waals surface area contributed by atoms with E-state index in [1.165, 1.54) is 6.92 Å². The van der Waals surface area contributed by atoms with Gasteiger partial charge in [-0.3, -0.25) is 19.1 Å². The van der Waals surface area contributed by atoms with Gasteiger partial charge in [0.25, 0.3) is 11.8 Å². The minimum atomic E-state index is -0.350. The monoisotopic (exact) mass is 454 g/mol. The molecule has 0 atom stereocenters. The highest BCUT2D eigenvalue weighted by molar-refractivity contribution is 6.06. The van der Waals surface area contributed by atoms with E-state index >= 15 is 0 Å². The molecule has 9 heteroatoms. The van der Waals surface area contributed by atoms with Crippen LogP contribution in [0.4, 0.5) is 17.1 Å². The zero-order valence-corrected chi connectivity index (χ0v) is 18.6. The van der Waals surface area contributed by atoms with Gasteiger partial charge in [-0.1, -0.05) is 12.1 Å². The first kappa shape index (κ1) is 22.4. The Morgan fingerprint density at radius 1 is 0.794 bits per heavy atom. The van der Waals surface area contributed by atoms with Crippen LogP contribution in [0.2, 0.25) is 0 Å². The van der Waals surface area contributed by atoms with Crippen LogP contribution in [0.1, 0.15) is 27.8 Å². The molecular formula is C25H22N6O3. The molecule has 0 aliphatic rings. The first-order valence-corrected chi connectivity index (χ1v) is 10.4. The zero-order valence-electron chi connectivity index (χ0n) is 18.6. The Morgan fingerprint density at radius 2 is 1.47 bits per heavy atom. The van der Waals surface area contributed by atoms with E-state index in [1.807, 2.05) is 19.3 Å². The predicted molar refractivity (Wildman–Crippen MR) is 130 cm³/mol. The van der Waals surface area contributed by atoms with E-state index in [-0.39, 0.29) is 23.4 Å². The minimum absolute atomic E-state index is 0.214. The summed E-state index contributed by atoms with van der Waals surface area (Å²) < 4.78 is 1.67. The number of nitrogens with one attached hydrogen (secondary N) is 3. The molecular weight excluding hydrogens is 432 g/mol. The summed E-state index contributed by atoms with van der Waals surface area (Å²) in [7, 11) is 1.81. The molecule has 0 unspecified atom stereocenters. The third kappa shape index (κ3) is 5.52. The predicted octanol–water partition coefficient (Wildman–Crippen LogP) is 3.95. The molecule has 2 aromatic heterocycles. The van der Waals surface area contributed by atoms with Crippen LogP contribution in [0, 0.1) is 0 Å². The fraction of sp³-hybridized carbons (Fsp3) is 0.0800. The number of aromatic nitrogens is 3. The Hall–Kier alpha value is -4.79. The first-order valence-electron chi connectivity index (χ1n) is 10.4. The molecule has 34 heavy (non-hydrogen) atoms. The molecule has 3 N–H and O–H groups in total. The SMILES string of the molecule is CC(=O)Nc1cccc(C(=O)Nc2ccc(NC(=O)c3cccc(-c4cnn(C)c4)n3)cc2)c1. The number of anilines is 3. The molecule has 0 saturated heterocycles. The van der Waals surface area contributed by atoms with Gasteiger partial charge in [0, 0.05) is 48.4 Å². The van der Waals surface area contributed by atoms with Crippen molar-refractivity contribution in [3.63, 3.8) is 0 Å². The first-order chi connectivity index (χ1) is 16.4. The van der Waals surface area contributed by atoms with E-state index in [1.54, 1.807) is 71.5 Å². The van der Waals surface area contributed by atoms with Crippen molar-refractivity contribution >= 4 is 34.8 Å². The Bertz CT molecular complexity index is 1360. The average Bonchev–Trinajstić information content (AvgIpc) is 3.26. The number of rotatable bonds is 6. The number of amides is 3. The molecule has 4 aromatic rings. The van der Waals surface area contributed by atoms with Crippen molar-refractivity contribution in [2.45, 2.75) is 6.92 Å². The maximum absolute atomic E-state index is 12.7. The summed E-state index contributed by atoms with van der Waals surface area (Å²) in [6.45, 7) is 1.40. The molecule has 170 valence electrons. The number of carbonyl (C=O) groups is 3. The number of aryl methyl sites for hydroxylation is 1. The normalized spacial score (nSPS) is 10.4. The smallest absolute Gasteiger partial charge is 0.274 e. The summed E-state index contributed by atoms with van der Waals surface area (Å²) in [6, 6.07) is 18.6. The van der Waals surface area contributed by atoms with Gasteiger partial charge in [-0.2, -0.15) is 5.10 Å². The standard InChI is InChI=1S/C25H22N6O3/c1-16(32)27-21-6-3-5-17(13-21)24(33)28-19-9-11-20(12-10-19)29-25(34)23-8-4-7-22(30-23)18-14-26-31(2)15-18/h3-15H,1-2H3,(H,27,32)(H,28,33)(H,29,34). The molecule has 0 radical (unpaired) electrons. The second kappa shape index (κ2) is 9.78. The van der Waals surface area contributed by atoms with Crippen molar-refractivity contribution in [3.05, 3.63) is 90.4 Å². The largest absolute Gasteiger partial charge is 0.326 e. The minimum Gasteiger partial charge on any atom is -0.326 e. The van der Waals surface area contributed by atoms with Gasteiger partial charge >= 0.3 is 0 Å². The van der Waals surface area contributed by atoms with Gasteiger partial charge in [0.05, 0.1) is 11.9 Å². The fourth-order valence-corrected chi connectivity index (χ4v) is 3.25. The van der Waals surface area contributed by atoms with Gasteiger partial charge in [0.1, 0.15) is 5.69 Å². The third-order valence-corrected chi connectivity index (χ3v) is 4.83.